The van der Waals surface area contributed by atoms with Crippen molar-refractivity contribution in [3.05, 3.63) is 40.1 Å². The molecule has 2 N–H and O–H groups in total. The summed E-state index contributed by atoms with van der Waals surface area (Å²) in [5.74, 6) is -0.345. The van der Waals surface area contributed by atoms with Gasteiger partial charge in [0.1, 0.15) is 5.75 Å². The number of nitrogens with zero attached hydrogens (tertiary/aromatic N) is 1. The molecule has 1 atom stereocenters. The van der Waals surface area contributed by atoms with Gasteiger partial charge in [-0.05, 0) is 28.9 Å². The van der Waals surface area contributed by atoms with Crippen LogP contribution in [-0.2, 0) is 15.6 Å². The van der Waals surface area contributed by atoms with Gasteiger partial charge in [-0.25, -0.2) is 0 Å². The Hall–Kier alpha value is -2.28. The molecule has 134 valence electrons. The van der Waals surface area contributed by atoms with E-state index in [1.807, 2.05) is 12.1 Å². The van der Waals surface area contributed by atoms with E-state index < -0.39 is 5.92 Å². The molecule has 1 aromatic rings. The van der Waals surface area contributed by atoms with Crippen LogP contribution in [0.2, 0.25) is 0 Å². The Labute approximate surface area is 150 Å². The summed E-state index contributed by atoms with van der Waals surface area (Å²) < 4.78 is 0. The molecule has 0 bridgehead atoms. The normalized spacial score (nSPS) is 18.8. The van der Waals surface area contributed by atoms with Crippen molar-refractivity contribution in [3.8, 4) is 11.8 Å². The first kappa shape index (κ1) is 19.1. The number of nitriles is 1. The molecule has 0 saturated carbocycles. The molecular formula is C21H28N2O2. The number of allylic oxidation sites excluding steroid dienone is 2. The Morgan fingerprint density at radius 2 is 1.76 bits per heavy atom. The van der Waals surface area contributed by atoms with Crippen LogP contribution in [0.15, 0.2) is 23.4 Å². The molecule has 1 unspecified atom stereocenters. The van der Waals surface area contributed by atoms with Crippen molar-refractivity contribution < 1.29 is 9.90 Å². The van der Waals surface area contributed by atoms with E-state index in [0.717, 1.165) is 11.1 Å². The van der Waals surface area contributed by atoms with Crippen LogP contribution in [0.4, 0.5) is 0 Å². The fourth-order valence-electron chi connectivity index (χ4n) is 3.23. The van der Waals surface area contributed by atoms with Gasteiger partial charge in [-0.15, -0.1) is 0 Å². The molecule has 0 spiro atoms. The zero-order chi connectivity index (χ0) is 19.2. The van der Waals surface area contributed by atoms with Gasteiger partial charge in [0.25, 0.3) is 0 Å². The number of carbonyl (C=O) groups is 1. The molecule has 25 heavy (non-hydrogen) atoms. The highest BCUT2D eigenvalue weighted by Gasteiger charge is 2.33. The van der Waals surface area contributed by atoms with E-state index in [1.165, 1.54) is 0 Å². The molecule has 0 fully saturated rings. The number of aromatic hydroxyl groups is 1. The van der Waals surface area contributed by atoms with Gasteiger partial charge in [0, 0.05) is 23.6 Å². The zero-order valence-electron chi connectivity index (χ0n) is 16.2. The van der Waals surface area contributed by atoms with Crippen molar-refractivity contribution in [1.82, 2.24) is 5.32 Å². The van der Waals surface area contributed by atoms with Gasteiger partial charge in [-0.1, -0.05) is 53.7 Å². The molecule has 1 aromatic carbocycles. The van der Waals surface area contributed by atoms with Crippen LogP contribution in [0.1, 0.15) is 77.5 Å². The Bertz CT molecular complexity index is 784. The van der Waals surface area contributed by atoms with Crippen molar-refractivity contribution in [3.63, 3.8) is 0 Å². The minimum Gasteiger partial charge on any atom is -0.507 e. The number of hydrogen-bond acceptors (Lipinski definition) is 3. The quantitative estimate of drug-likeness (QED) is 0.796. The predicted octanol–water partition coefficient (Wildman–Crippen LogP) is 4.39. The summed E-state index contributed by atoms with van der Waals surface area (Å²) >= 11 is 0. The zero-order valence-corrected chi connectivity index (χ0v) is 16.2. The van der Waals surface area contributed by atoms with Crippen molar-refractivity contribution in [2.45, 2.75) is 71.6 Å². The molecule has 0 aliphatic carbocycles. The third-order valence-electron chi connectivity index (χ3n) is 4.78. The Morgan fingerprint density at radius 1 is 1.16 bits per heavy atom. The van der Waals surface area contributed by atoms with Crippen molar-refractivity contribution in [2.75, 3.05) is 0 Å². The van der Waals surface area contributed by atoms with E-state index in [4.69, 9.17) is 0 Å². The summed E-state index contributed by atoms with van der Waals surface area (Å²) in [5, 5.41) is 23.3. The first-order valence-electron chi connectivity index (χ1n) is 8.65. The summed E-state index contributed by atoms with van der Waals surface area (Å²) in [6.07, 6.45) is 0.172. The van der Waals surface area contributed by atoms with E-state index in [9.17, 15) is 15.2 Å². The summed E-state index contributed by atoms with van der Waals surface area (Å²) in [7, 11) is 0. The second-order valence-corrected chi connectivity index (χ2v) is 8.92. The number of carbonyl (C=O) groups excluding carboxylic acids is 1. The minimum atomic E-state index is -0.415. The highest BCUT2D eigenvalue weighted by molar-refractivity contribution is 5.82. The molecule has 0 saturated heterocycles. The second kappa shape index (κ2) is 6.22. The summed E-state index contributed by atoms with van der Waals surface area (Å²) in [6, 6.07) is 6.22. The van der Waals surface area contributed by atoms with E-state index in [0.29, 0.717) is 16.8 Å². The highest BCUT2D eigenvalue weighted by atomic mass is 16.3. The molecule has 4 nitrogen and oxygen atoms in total. The molecule has 1 amide bonds. The van der Waals surface area contributed by atoms with Gasteiger partial charge < -0.3 is 10.4 Å². The molecule has 1 aliphatic rings. The largest absolute Gasteiger partial charge is 0.507 e. The van der Waals surface area contributed by atoms with Crippen LogP contribution >= 0.6 is 0 Å². The van der Waals surface area contributed by atoms with Gasteiger partial charge in [0.2, 0.25) is 5.91 Å². The standard InChI is InChI=1S/C21H28N2O2/c1-12-16(11-22)14(10-18(24)23-12)15-8-13(20(2,3)4)9-17(19(15)25)21(5,6)7/h8-9,14,25H,10H2,1-7H3,(H,23,24). The van der Waals surface area contributed by atoms with Gasteiger partial charge >= 0.3 is 0 Å². The molecule has 0 radical (unpaired) electrons. The van der Waals surface area contributed by atoms with Crippen molar-refractivity contribution >= 4 is 5.91 Å². The van der Waals surface area contributed by atoms with Crippen LogP contribution in [-0.4, -0.2) is 11.0 Å². The third kappa shape index (κ3) is 3.71. The summed E-state index contributed by atoms with van der Waals surface area (Å²) in [4.78, 5) is 12.1. The molecule has 4 heteroatoms. The maximum atomic E-state index is 12.1. The van der Waals surface area contributed by atoms with Crippen LogP contribution in [0.5, 0.6) is 5.75 Å². The minimum absolute atomic E-state index is 0.106. The maximum Gasteiger partial charge on any atom is 0.225 e. The second-order valence-electron chi connectivity index (χ2n) is 8.92. The molecule has 2 rings (SSSR count). The van der Waals surface area contributed by atoms with Crippen molar-refractivity contribution in [1.29, 1.82) is 5.26 Å². The lowest BCUT2D eigenvalue weighted by atomic mass is 9.75. The fourth-order valence-corrected chi connectivity index (χ4v) is 3.23. The Balaban J connectivity index is 2.79. The van der Waals surface area contributed by atoms with E-state index in [1.54, 1.807) is 6.92 Å². The third-order valence-corrected chi connectivity index (χ3v) is 4.78. The lowest BCUT2D eigenvalue weighted by Gasteiger charge is -2.31. The van der Waals surface area contributed by atoms with Gasteiger partial charge in [-0.3, -0.25) is 4.79 Å². The number of hydrogen-bond donors (Lipinski definition) is 2. The maximum absolute atomic E-state index is 12.1. The van der Waals surface area contributed by atoms with E-state index in [-0.39, 0.29) is 28.9 Å². The Kier molecular flexibility index (Phi) is 4.74. The van der Waals surface area contributed by atoms with Crippen LogP contribution in [0.25, 0.3) is 0 Å². The molecule has 0 aromatic heterocycles. The summed E-state index contributed by atoms with van der Waals surface area (Å²) in [5.41, 5.74) is 3.33. The fraction of sp³-hybridized carbons (Fsp3) is 0.524. The first-order chi connectivity index (χ1) is 11.4. The summed E-state index contributed by atoms with van der Waals surface area (Å²) in [6.45, 7) is 14.3. The van der Waals surface area contributed by atoms with Crippen LogP contribution in [0.3, 0.4) is 0 Å². The van der Waals surface area contributed by atoms with Crippen molar-refractivity contribution in [2.24, 2.45) is 0 Å². The van der Waals surface area contributed by atoms with Crippen LogP contribution < -0.4 is 5.32 Å². The SMILES string of the molecule is CC1=C(C#N)C(c2cc(C(C)(C)C)cc(C(C)(C)C)c2O)CC(=O)N1. The number of benzene rings is 1. The Morgan fingerprint density at radius 3 is 2.24 bits per heavy atom. The molecular weight excluding hydrogens is 312 g/mol. The number of rotatable bonds is 1. The lowest BCUT2D eigenvalue weighted by Crippen LogP contribution is -2.31. The average molecular weight is 340 g/mol. The monoisotopic (exact) mass is 340 g/mol. The number of nitrogens with one attached hydrogen (secondary N) is 1. The molecule has 1 aliphatic heterocycles. The average Bonchev–Trinajstić information content (AvgIpc) is 2.44. The van der Waals surface area contributed by atoms with E-state index >= 15 is 0 Å². The lowest BCUT2D eigenvalue weighted by molar-refractivity contribution is -0.121. The predicted molar refractivity (Wildman–Crippen MR) is 99.3 cm³/mol. The van der Waals surface area contributed by atoms with Crippen LogP contribution in [0, 0.1) is 11.3 Å². The smallest absolute Gasteiger partial charge is 0.225 e. The number of amides is 1. The first-order valence-corrected chi connectivity index (χ1v) is 8.65. The van der Waals surface area contributed by atoms with Gasteiger partial charge in [0.15, 0.2) is 0 Å². The van der Waals surface area contributed by atoms with Gasteiger partial charge in [0.05, 0.1) is 11.6 Å². The molecule has 1 heterocycles. The topological polar surface area (TPSA) is 73.1 Å². The highest BCUT2D eigenvalue weighted by Crippen LogP contribution is 2.44. The van der Waals surface area contributed by atoms with E-state index in [2.05, 4.69) is 52.9 Å². The number of phenolic OH excluding ortho intramolecular Hbond substituents is 1. The number of phenols is 1. The van der Waals surface area contributed by atoms with Gasteiger partial charge in [-0.2, -0.15) is 5.26 Å².